The van der Waals surface area contributed by atoms with Gasteiger partial charge in [0.2, 0.25) is 0 Å². The predicted molar refractivity (Wildman–Crippen MR) is 78.4 cm³/mol. The average Bonchev–Trinajstić information content (AvgIpc) is 3.31. The van der Waals surface area contributed by atoms with Crippen molar-refractivity contribution in [3.05, 3.63) is 0 Å². The Bertz CT molecular complexity index is 266. The van der Waals surface area contributed by atoms with Gasteiger partial charge in [-0.3, -0.25) is 4.90 Å². The minimum atomic E-state index is 0.538. The second-order valence-electron chi connectivity index (χ2n) is 6.79. The number of nitrogens with zero attached hydrogens (tertiary/aromatic N) is 1. The van der Waals surface area contributed by atoms with Crippen LogP contribution in [0.15, 0.2) is 0 Å². The van der Waals surface area contributed by atoms with Crippen LogP contribution in [0.25, 0.3) is 0 Å². The number of rotatable bonds is 5. The fourth-order valence-corrected chi connectivity index (χ4v) is 3.98. The molecule has 110 valence electrons. The Morgan fingerprint density at radius 1 is 0.895 bits per heavy atom. The second kappa shape index (κ2) is 6.55. The molecule has 3 fully saturated rings. The summed E-state index contributed by atoms with van der Waals surface area (Å²) in [6.07, 6.45) is 11.5. The van der Waals surface area contributed by atoms with Crippen molar-refractivity contribution < 1.29 is 4.74 Å². The molecule has 3 rings (SSSR count). The lowest BCUT2D eigenvalue weighted by molar-refractivity contribution is 0.0304. The van der Waals surface area contributed by atoms with Gasteiger partial charge in [-0.2, -0.15) is 0 Å². The van der Waals surface area contributed by atoms with Gasteiger partial charge in [-0.1, -0.05) is 0 Å². The molecule has 0 amide bonds. The molecule has 3 aliphatic rings. The van der Waals surface area contributed by atoms with E-state index in [0.29, 0.717) is 6.10 Å². The molecule has 0 aromatic heterocycles. The Morgan fingerprint density at radius 2 is 1.47 bits per heavy atom. The molecule has 0 atom stereocenters. The summed E-state index contributed by atoms with van der Waals surface area (Å²) >= 11 is 0. The Hall–Kier alpha value is -0.120. The van der Waals surface area contributed by atoms with E-state index in [1.54, 1.807) is 0 Å². The van der Waals surface area contributed by atoms with Crippen molar-refractivity contribution in [1.29, 1.82) is 0 Å². The quantitative estimate of drug-likeness (QED) is 0.827. The molecular weight excluding hydrogens is 236 g/mol. The lowest BCUT2D eigenvalue weighted by Gasteiger charge is -2.39. The van der Waals surface area contributed by atoms with E-state index in [1.807, 2.05) is 7.11 Å². The van der Waals surface area contributed by atoms with Crippen LogP contribution in [0.2, 0.25) is 0 Å². The highest BCUT2D eigenvalue weighted by Gasteiger charge is 2.36. The number of methoxy groups -OCH3 is 1. The van der Waals surface area contributed by atoms with Crippen molar-refractivity contribution in [3.63, 3.8) is 0 Å². The maximum atomic E-state index is 5.52. The monoisotopic (exact) mass is 266 g/mol. The van der Waals surface area contributed by atoms with E-state index in [4.69, 9.17) is 4.74 Å². The molecule has 1 aliphatic heterocycles. The minimum Gasteiger partial charge on any atom is -0.381 e. The molecule has 19 heavy (non-hydrogen) atoms. The van der Waals surface area contributed by atoms with Gasteiger partial charge in [0.15, 0.2) is 0 Å². The predicted octanol–water partition coefficient (Wildman–Crippen LogP) is 2.41. The molecule has 0 bridgehead atoms. The van der Waals surface area contributed by atoms with Gasteiger partial charge in [0.05, 0.1) is 6.10 Å². The van der Waals surface area contributed by atoms with Gasteiger partial charge < -0.3 is 10.1 Å². The molecule has 0 radical (unpaired) electrons. The van der Waals surface area contributed by atoms with E-state index < -0.39 is 0 Å². The third-order valence-corrected chi connectivity index (χ3v) is 5.39. The fraction of sp³-hybridized carbons (Fsp3) is 1.00. The topological polar surface area (TPSA) is 24.5 Å². The molecule has 0 aromatic carbocycles. The molecule has 0 unspecified atom stereocenters. The molecule has 1 N–H and O–H groups in total. The number of ether oxygens (including phenoxy) is 1. The van der Waals surface area contributed by atoms with Crippen molar-refractivity contribution in [2.45, 2.75) is 69.6 Å². The minimum absolute atomic E-state index is 0.538. The van der Waals surface area contributed by atoms with Gasteiger partial charge in [0.25, 0.3) is 0 Å². The van der Waals surface area contributed by atoms with Crippen LogP contribution in [0.4, 0.5) is 0 Å². The maximum absolute atomic E-state index is 5.52. The molecule has 0 spiro atoms. The van der Waals surface area contributed by atoms with E-state index >= 15 is 0 Å². The van der Waals surface area contributed by atoms with E-state index in [1.165, 1.54) is 71.0 Å². The SMILES string of the molecule is COC1CCC(N(CC2CCNCC2)C2CC2)CC1. The Labute approximate surface area is 118 Å². The zero-order chi connectivity index (χ0) is 13.1. The molecule has 1 saturated heterocycles. The molecule has 2 aliphatic carbocycles. The molecule has 3 heteroatoms. The van der Waals surface area contributed by atoms with E-state index in [2.05, 4.69) is 10.2 Å². The Kier molecular flexibility index (Phi) is 4.78. The van der Waals surface area contributed by atoms with Crippen LogP contribution in [0, 0.1) is 5.92 Å². The van der Waals surface area contributed by atoms with Crippen LogP contribution in [0.5, 0.6) is 0 Å². The largest absolute Gasteiger partial charge is 0.381 e. The van der Waals surface area contributed by atoms with Crippen LogP contribution in [0.3, 0.4) is 0 Å². The van der Waals surface area contributed by atoms with Crippen LogP contribution in [-0.2, 0) is 4.74 Å². The summed E-state index contributed by atoms with van der Waals surface area (Å²) in [6.45, 7) is 3.84. The molecule has 0 aromatic rings. The van der Waals surface area contributed by atoms with Crippen LogP contribution < -0.4 is 5.32 Å². The summed E-state index contributed by atoms with van der Waals surface area (Å²) in [6, 6.07) is 1.78. The first kappa shape index (κ1) is 13.8. The van der Waals surface area contributed by atoms with Gasteiger partial charge in [0.1, 0.15) is 0 Å². The molecule has 3 nitrogen and oxygen atoms in total. The second-order valence-corrected chi connectivity index (χ2v) is 6.79. The summed E-state index contributed by atoms with van der Waals surface area (Å²) in [5.41, 5.74) is 0. The van der Waals surface area contributed by atoms with E-state index in [-0.39, 0.29) is 0 Å². The summed E-state index contributed by atoms with van der Waals surface area (Å²) in [4.78, 5) is 2.89. The van der Waals surface area contributed by atoms with E-state index in [9.17, 15) is 0 Å². The Balaban J connectivity index is 1.52. The first-order valence-electron chi connectivity index (χ1n) is 8.36. The lowest BCUT2D eigenvalue weighted by Crippen LogP contribution is -2.45. The van der Waals surface area contributed by atoms with Gasteiger partial charge >= 0.3 is 0 Å². The molecule has 1 heterocycles. The number of nitrogens with one attached hydrogen (secondary N) is 1. The van der Waals surface area contributed by atoms with Crippen LogP contribution in [0.1, 0.15) is 51.4 Å². The highest BCUT2D eigenvalue weighted by molar-refractivity contribution is 4.92. The van der Waals surface area contributed by atoms with Crippen molar-refractivity contribution in [2.24, 2.45) is 5.92 Å². The first-order chi connectivity index (χ1) is 9.36. The van der Waals surface area contributed by atoms with Crippen molar-refractivity contribution >= 4 is 0 Å². The average molecular weight is 266 g/mol. The lowest BCUT2D eigenvalue weighted by atomic mass is 9.90. The summed E-state index contributed by atoms with van der Waals surface area (Å²) in [5, 5.41) is 3.49. The Morgan fingerprint density at radius 3 is 2.00 bits per heavy atom. The van der Waals surface area contributed by atoms with Gasteiger partial charge in [-0.15, -0.1) is 0 Å². The van der Waals surface area contributed by atoms with Crippen LogP contribution in [-0.4, -0.2) is 49.8 Å². The molecule has 2 saturated carbocycles. The van der Waals surface area contributed by atoms with Crippen molar-refractivity contribution in [1.82, 2.24) is 10.2 Å². The number of hydrogen-bond donors (Lipinski definition) is 1. The molecular formula is C16H30N2O. The number of hydrogen-bond acceptors (Lipinski definition) is 3. The third kappa shape index (κ3) is 3.71. The van der Waals surface area contributed by atoms with Gasteiger partial charge in [-0.05, 0) is 70.4 Å². The summed E-state index contributed by atoms with van der Waals surface area (Å²) in [5.74, 6) is 0.946. The first-order valence-corrected chi connectivity index (χ1v) is 8.36. The van der Waals surface area contributed by atoms with Crippen molar-refractivity contribution in [3.8, 4) is 0 Å². The smallest absolute Gasteiger partial charge is 0.0572 e. The maximum Gasteiger partial charge on any atom is 0.0572 e. The third-order valence-electron chi connectivity index (χ3n) is 5.39. The number of piperidine rings is 1. The van der Waals surface area contributed by atoms with Crippen LogP contribution >= 0.6 is 0 Å². The highest BCUT2D eigenvalue weighted by atomic mass is 16.5. The summed E-state index contributed by atoms with van der Waals surface area (Å²) < 4.78 is 5.52. The zero-order valence-electron chi connectivity index (χ0n) is 12.4. The highest BCUT2D eigenvalue weighted by Crippen LogP contribution is 2.35. The zero-order valence-corrected chi connectivity index (χ0v) is 12.4. The fourth-order valence-electron chi connectivity index (χ4n) is 3.98. The van der Waals surface area contributed by atoms with Gasteiger partial charge in [0, 0.05) is 25.7 Å². The standard InChI is InChI=1S/C16H30N2O/c1-19-16-6-4-15(5-7-16)18(14-2-3-14)12-13-8-10-17-11-9-13/h13-17H,2-12H2,1H3. The summed E-state index contributed by atoms with van der Waals surface area (Å²) in [7, 11) is 1.87. The van der Waals surface area contributed by atoms with Gasteiger partial charge in [-0.25, -0.2) is 0 Å². The van der Waals surface area contributed by atoms with E-state index in [0.717, 1.165) is 18.0 Å². The normalized spacial score (nSPS) is 33.8. The van der Waals surface area contributed by atoms with Crippen molar-refractivity contribution in [2.75, 3.05) is 26.7 Å².